The van der Waals surface area contributed by atoms with Gasteiger partial charge in [0.25, 0.3) is 6.47 Å². The number of fused-ring (bicyclic) bond motifs is 1. The van der Waals surface area contributed by atoms with Crippen LogP contribution in [0.2, 0.25) is 0 Å². The molecule has 0 bridgehead atoms. The maximum absolute atomic E-state index is 13.4. The Kier molecular flexibility index (Phi) is 9.26. The van der Waals surface area contributed by atoms with Gasteiger partial charge in [-0.2, -0.15) is 13.2 Å². The summed E-state index contributed by atoms with van der Waals surface area (Å²) in [5.41, 5.74) is 9.08. The number of rotatable bonds is 7. The number of hydrogen-bond donors (Lipinski definition) is 3. The fourth-order valence-electron chi connectivity index (χ4n) is 4.49. The normalized spacial score (nSPS) is 11.9. The number of methoxy groups -OCH3 is 1. The van der Waals surface area contributed by atoms with Gasteiger partial charge in [0.05, 0.1) is 29.2 Å². The van der Waals surface area contributed by atoms with Gasteiger partial charge in [-0.15, -0.1) is 11.3 Å². The number of nitrogen functional groups attached to an aromatic ring is 1. The fraction of sp³-hybridized carbons (Fsp3) is 0.200. The first-order valence-corrected chi connectivity index (χ1v) is 13.6. The molecule has 8 nitrogen and oxygen atoms in total. The number of nitrogens with two attached hydrogens (primary N) is 1. The summed E-state index contributed by atoms with van der Waals surface area (Å²) in [7, 11) is 1.64. The molecule has 0 aliphatic carbocycles. The predicted molar refractivity (Wildman–Crippen MR) is 158 cm³/mol. The highest BCUT2D eigenvalue weighted by Crippen LogP contribution is 2.35. The zero-order valence-corrected chi connectivity index (χ0v) is 23.8. The van der Waals surface area contributed by atoms with Crippen molar-refractivity contribution in [3.63, 3.8) is 0 Å². The number of nitrogens with zero attached hydrogens (tertiary/aromatic N) is 3. The van der Waals surface area contributed by atoms with Crippen molar-refractivity contribution in [1.29, 1.82) is 0 Å². The van der Waals surface area contributed by atoms with Gasteiger partial charge in [-0.05, 0) is 66.9 Å². The summed E-state index contributed by atoms with van der Waals surface area (Å²) in [5.74, 6) is 1.83. The van der Waals surface area contributed by atoms with Crippen LogP contribution in [-0.4, -0.2) is 33.6 Å². The first-order valence-electron chi connectivity index (χ1n) is 12.7. The highest BCUT2D eigenvalue weighted by Gasteiger charge is 2.31. The molecular formula is C30H28F3N5O3S. The van der Waals surface area contributed by atoms with Crippen LogP contribution in [0.3, 0.4) is 0 Å². The quantitative estimate of drug-likeness (QED) is 0.134. The van der Waals surface area contributed by atoms with E-state index in [9.17, 15) is 13.2 Å². The van der Waals surface area contributed by atoms with Crippen LogP contribution in [0.25, 0.3) is 22.0 Å². The summed E-state index contributed by atoms with van der Waals surface area (Å²) in [6.07, 6.45) is -2.03. The van der Waals surface area contributed by atoms with Crippen molar-refractivity contribution in [2.45, 2.75) is 32.5 Å². The van der Waals surface area contributed by atoms with Crippen LogP contribution >= 0.6 is 11.3 Å². The lowest BCUT2D eigenvalue weighted by atomic mass is 10.00. The highest BCUT2D eigenvalue weighted by atomic mass is 32.1. The maximum Gasteiger partial charge on any atom is 0.416 e. The van der Waals surface area contributed by atoms with Gasteiger partial charge in [-0.3, -0.25) is 4.79 Å². The van der Waals surface area contributed by atoms with Crippen LogP contribution in [0.15, 0.2) is 66.2 Å². The number of hydrogen-bond acceptors (Lipinski definition) is 8. The van der Waals surface area contributed by atoms with E-state index in [0.29, 0.717) is 23.6 Å². The lowest BCUT2D eigenvalue weighted by Gasteiger charge is -2.19. The molecule has 0 aliphatic heterocycles. The molecule has 12 heteroatoms. The van der Waals surface area contributed by atoms with Crippen LogP contribution in [0.4, 0.5) is 24.7 Å². The van der Waals surface area contributed by atoms with Crippen LogP contribution in [-0.2, 0) is 17.4 Å². The van der Waals surface area contributed by atoms with Crippen molar-refractivity contribution in [3.05, 3.63) is 93.7 Å². The molecule has 42 heavy (non-hydrogen) atoms. The molecule has 5 aromatic rings. The highest BCUT2D eigenvalue weighted by molar-refractivity contribution is 7.09. The smallest absolute Gasteiger partial charge is 0.416 e. The fourth-order valence-corrected chi connectivity index (χ4v) is 5.13. The first kappa shape index (κ1) is 30.3. The molecule has 1 atom stereocenters. The third-order valence-corrected chi connectivity index (χ3v) is 7.19. The number of aryl methyl sites for hydroxylation is 1. The lowest BCUT2D eigenvalue weighted by molar-refractivity contribution is -0.137. The number of aromatic nitrogens is 3. The van der Waals surface area contributed by atoms with Crippen LogP contribution in [0.1, 0.15) is 40.5 Å². The summed E-state index contributed by atoms with van der Waals surface area (Å²) in [6.45, 7) is 3.30. The minimum Gasteiger partial charge on any atom is -0.496 e. The molecule has 0 amide bonds. The van der Waals surface area contributed by atoms with E-state index in [2.05, 4.69) is 20.3 Å². The van der Waals surface area contributed by atoms with Crippen molar-refractivity contribution >= 4 is 40.2 Å². The molecule has 0 saturated heterocycles. The second kappa shape index (κ2) is 12.9. The molecule has 2 heterocycles. The SMILES string of the molecule is COc1cc(-c2ccc3nc(C)nc(NC(C)c4cc(N)cc(C(F)(F)F)c4)c3c2)ccc1Cc1nccs1.O=CO. The van der Waals surface area contributed by atoms with E-state index in [1.165, 1.54) is 6.07 Å². The average molecular weight is 596 g/mol. The molecule has 3 aromatic carbocycles. The van der Waals surface area contributed by atoms with Crippen molar-refractivity contribution in [1.82, 2.24) is 15.0 Å². The summed E-state index contributed by atoms with van der Waals surface area (Å²) in [4.78, 5) is 21.9. The number of carboxylic acid groups (broad SMARTS) is 1. The number of alkyl halides is 3. The topological polar surface area (TPSA) is 123 Å². The second-order valence-electron chi connectivity index (χ2n) is 9.34. The Morgan fingerprint density at radius 3 is 2.48 bits per heavy atom. The van der Waals surface area contributed by atoms with Crippen LogP contribution in [0.5, 0.6) is 5.75 Å². The van der Waals surface area contributed by atoms with Gasteiger partial charge in [0, 0.05) is 34.6 Å². The number of nitrogens with one attached hydrogen (secondary N) is 1. The van der Waals surface area contributed by atoms with Crippen molar-refractivity contribution in [2.75, 3.05) is 18.2 Å². The monoisotopic (exact) mass is 595 g/mol. The summed E-state index contributed by atoms with van der Waals surface area (Å²) >= 11 is 1.60. The van der Waals surface area contributed by atoms with Gasteiger partial charge >= 0.3 is 6.18 Å². The van der Waals surface area contributed by atoms with Crippen molar-refractivity contribution < 1.29 is 27.8 Å². The molecule has 0 spiro atoms. The largest absolute Gasteiger partial charge is 0.496 e. The van der Waals surface area contributed by atoms with Gasteiger partial charge in [0.2, 0.25) is 0 Å². The number of anilines is 2. The van der Waals surface area contributed by atoms with Crippen LogP contribution < -0.4 is 15.8 Å². The van der Waals surface area contributed by atoms with Gasteiger partial charge in [0.1, 0.15) is 17.4 Å². The third kappa shape index (κ3) is 7.13. The Hall–Kier alpha value is -4.71. The van der Waals surface area contributed by atoms with E-state index < -0.39 is 17.8 Å². The number of carbonyl (C=O) groups is 1. The molecule has 2 aromatic heterocycles. The van der Waals surface area contributed by atoms with E-state index in [1.54, 1.807) is 38.5 Å². The lowest BCUT2D eigenvalue weighted by Crippen LogP contribution is -2.12. The number of benzene rings is 3. The molecule has 4 N–H and O–H groups in total. The molecule has 0 aliphatic rings. The van der Waals surface area contributed by atoms with Crippen LogP contribution in [0, 0.1) is 6.92 Å². The Morgan fingerprint density at radius 1 is 1.10 bits per heavy atom. The van der Waals surface area contributed by atoms with E-state index >= 15 is 0 Å². The Balaban J connectivity index is 0.00000129. The van der Waals surface area contributed by atoms with Crippen molar-refractivity contribution in [3.8, 4) is 16.9 Å². The van der Waals surface area contributed by atoms with Crippen molar-refractivity contribution in [2.24, 2.45) is 0 Å². The molecule has 1 unspecified atom stereocenters. The predicted octanol–water partition coefficient (Wildman–Crippen LogP) is 7.14. The summed E-state index contributed by atoms with van der Waals surface area (Å²) in [6, 6.07) is 15.0. The minimum atomic E-state index is -4.49. The first-order chi connectivity index (χ1) is 20.0. The summed E-state index contributed by atoms with van der Waals surface area (Å²) in [5, 5.41) is 13.9. The Morgan fingerprint density at radius 2 is 1.81 bits per heavy atom. The molecule has 0 radical (unpaired) electrons. The average Bonchev–Trinajstić information content (AvgIpc) is 3.46. The third-order valence-electron chi connectivity index (χ3n) is 6.41. The second-order valence-corrected chi connectivity index (χ2v) is 10.3. The molecule has 5 rings (SSSR count). The van der Waals surface area contributed by atoms with Gasteiger partial charge in [-0.25, -0.2) is 15.0 Å². The zero-order valence-electron chi connectivity index (χ0n) is 22.9. The molecular weight excluding hydrogens is 567 g/mol. The Labute approximate surface area is 244 Å². The van der Waals surface area contributed by atoms with Gasteiger partial charge in [0.15, 0.2) is 0 Å². The van der Waals surface area contributed by atoms with E-state index in [0.717, 1.165) is 50.5 Å². The minimum absolute atomic E-state index is 0.0479. The van der Waals surface area contributed by atoms with Gasteiger partial charge < -0.3 is 20.9 Å². The molecule has 0 fully saturated rings. The maximum atomic E-state index is 13.4. The molecule has 0 saturated carbocycles. The zero-order chi connectivity index (χ0) is 30.4. The van der Waals surface area contributed by atoms with E-state index in [4.69, 9.17) is 20.4 Å². The molecule has 218 valence electrons. The van der Waals surface area contributed by atoms with E-state index in [-0.39, 0.29) is 12.2 Å². The summed E-state index contributed by atoms with van der Waals surface area (Å²) < 4.78 is 45.8. The van der Waals surface area contributed by atoms with E-state index in [1.807, 2.05) is 41.8 Å². The number of halogens is 3. The standard InChI is InChI=1S/C29H26F3N5OS.CH2O2/c1-16(21-10-22(29(30,31)32)15-23(33)11-21)35-28-24-12-18(6-7-25(24)36-17(2)37-28)19-4-5-20(26(13-19)38-3)14-27-34-8-9-39-27;2-1-3/h4-13,15-16H,14,33H2,1-3H3,(H,35,36,37);1H,(H,2,3). The van der Waals surface area contributed by atoms with Gasteiger partial charge in [-0.1, -0.05) is 18.2 Å². The number of ether oxygens (including phenoxy) is 1. The Bertz CT molecular complexity index is 1690. The number of thiazole rings is 1.